The standard InChI is InChI=1S/C24H25ClN2O4S/c1-17-9-12-20(13-10-17)32(29,30)27-19-11-14-21(22(25)16-19)24(28)26-15-5-7-18-6-3-4-8-23(18)31-2/h3-4,6,8-14,16,27H,5,7,15H2,1-2H3,(H,26,28). The molecule has 0 atom stereocenters. The molecule has 0 spiro atoms. The molecule has 2 N–H and O–H groups in total. The SMILES string of the molecule is COc1ccccc1CCCNC(=O)c1ccc(NS(=O)(=O)c2ccc(C)cc2)cc1Cl. The minimum absolute atomic E-state index is 0.149. The Kier molecular flexibility index (Phi) is 7.77. The number of hydrogen-bond acceptors (Lipinski definition) is 4. The van der Waals surface area contributed by atoms with Crippen molar-refractivity contribution in [2.24, 2.45) is 0 Å². The van der Waals surface area contributed by atoms with Crippen LogP contribution >= 0.6 is 11.6 Å². The van der Waals surface area contributed by atoms with Crippen molar-refractivity contribution < 1.29 is 17.9 Å². The first kappa shape index (κ1) is 23.6. The second-order valence-corrected chi connectivity index (χ2v) is 9.37. The number of carbonyl (C=O) groups excluding carboxylic acids is 1. The molecular formula is C24H25ClN2O4S. The van der Waals surface area contributed by atoms with Crippen LogP contribution in [-0.2, 0) is 16.4 Å². The molecule has 8 heteroatoms. The largest absolute Gasteiger partial charge is 0.496 e. The number of amides is 1. The molecule has 0 bridgehead atoms. The van der Waals surface area contributed by atoms with Gasteiger partial charge in [0.15, 0.2) is 0 Å². The van der Waals surface area contributed by atoms with Crippen LogP contribution in [0, 0.1) is 6.92 Å². The highest BCUT2D eigenvalue weighted by Gasteiger charge is 2.16. The first-order valence-electron chi connectivity index (χ1n) is 10.1. The molecule has 0 saturated carbocycles. The molecule has 32 heavy (non-hydrogen) atoms. The summed E-state index contributed by atoms with van der Waals surface area (Å²) in [5.74, 6) is 0.508. The quantitative estimate of drug-likeness (QED) is 0.437. The number of halogens is 1. The average Bonchev–Trinajstić information content (AvgIpc) is 2.77. The smallest absolute Gasteiger partial charge is 0.261 e. The van der Waals surface area contributed by atoms with Gasteiger partial charge in [-0.3, -0.25) is 9.52 Å². The first-order valence-corrected chi connectivity index (χ1v) is 12.0. The van der Waals surface area contributed by atoms with Crippen molar-refractivity contribution in [3.63, 3.8) is 0 Å². The molecule has 0 radical (unpaired) electrons. The minimum atomic E-state index is -3.75. The summed E-state index contributed by atoms with van der Waals surface area (Å²) in [5, 5.41) is 3.01. The van der Waals surface area contributed by atoms with Crippen molar-refractivity contribution in [3.05, 3.63) is 88.4 Å². The van der Waals surface area contributed by atoms with Crippen LogP contribution in [0.3, 0.4) is 0 Å². The number of aryl methyl sites for hydroxylation is 2. The Hall–Kier alpha value is -3.03. The Labute approximate surface area is 193 Å². The Morgan fingerprint density at radius 2 is 1.75 bits per heavy atom. The van der Waals surface area contributed by atoms with E-state index in [2.05, 4.69) is 10.0 Å². The maximum Gasteiger partial charge on any atom is 0.261 e. The fraction of sp³-hybridized carbons (Fsp3) is 0.208. The lowest BCUT2D eigenvalue weighted by Gasteiger charge is -2.11. The molecule has 0 saturated heterocycles. The number of para-hydroxylation sites is 1. The normalized spacial score (nSPS) is 11.1. The maximum absolute atomic E-state index is 12.5. The molecule has 0 heterocycles. The zero-order chi connectivity index (χ0) is 23.1. The van der Waals surface area contributed by atoms with Gasteiger partial charge in [0.25, 0.3) is 15.9 Å². The van der Waals surface area contributed by atoms with E-state index in [9.17, 15) is 13.2 Å². The third-order valence-electron chi connectivity index (χ3n) is 4.90. The van der Waals surface area contributed by atoms with E-state index in [1.54, 1.807) is 19.2 Å². The zero-order valence-corrected chi connectivity index (χ0v) is 19.5. The van der Waals surface area contributed by atoms with Gasteiger partial charge in [0, 0.05) is 6.54 Å². The lowest BCUT2D eigenvalue weighted by atomic mass is 10.1. The summed E-state index contributed by atoms with van der Waals surface area (Å²) in [6.07, 6.45) is 1.50. The predicted molar refractivity (Wildman–Crippen MR) is 127 cm³/mol. The third-order valence-corrected chi connectivity index (χ3v) is 6.61. The Morgan fingerprint density at radius 1 is 1.03 bits per heavy atom. The van der Waals surface area contributed by atoms with Gasteiger partial charge in [0.2, 0.25) is 0 Å². The van der Waals surface area contributed by atoms with E-state index in [0.29, 0.717) is 6.54 Å². The van der Waals surface area contributed by atoms with Crippen LogP contribution in [0.4, 0.5) is 5.69 Å². The monoisotopic (exact) mass is 472 g/mol. The van der Waals surface area contributed by atoms with Crippen LogP contribution in [0.1, 0.15) is 27.9 Å². The third kappa shape index (κ3) is 6.02. The van der Waals surface area contributed by atoms with Gasteiger partial charge in [-0.25, -0.2) is 8.42 Å². The van der Waals surface area contributed by atoms with Crippen LogP contribution in [0.25, 0.3) is 0 Å². The van der Waals surface area contributed by atoms with Gasteiger partial charge in [-0.05, 0) is 61.7 Å². The molecule has 6 nitrogen and oxygen atoms in total. The number of benzene rings is 3. The molecule has 3 aromatic rings. The summed E-state index contributed by atoms with van der Waals surface area (Å²) in [5.41, 5.74) is 2.60. The van der Waals surface area contributed by atoms with Crippen molar-refractivity contribution in [1.29, 1.82) is 0 Å². The van der Waals surface area contributed by atoms with Crippen molar-refractivity contribution in [3.8, 4) is 5.75 Å². The van der Waals surface area contributed by atoms with Gasteiger partial charge >= 0.3 is 0 Å². The number of hydrogen-bond donors (Lipinski definition) is 2. The summed E-state index contributed by atoms with van der Waals surface area (Å²) >= 11 is 6.26. The highest BCUT2D eigenvalue weighted by molar-refractivity contribution is 7.92. The Bertz CT molecular complexity index is 1190. The summed E-state index contributed by atoms with van der Waals surface area (Å²) in [6, 6.07) is 18.7. The lowest BCUT2D eigenvalue weighted by Crippen LogP contribution is -2.25. The molecule has 0 aromatic heterocycles. The van der Waals surface area contributed by atoms with E-state index in [1.165, 1.54) is 30.3 Å². The number of methoxy groups -OCH3 is 1. The molecule has 1 amide bonds. The second-order valence-electron chi connectivity index (χ2n) is 7.28. The van der Waals surface area contributed by atoms with Crippen LogP contribution in [-0.4, -0.2) is 28.0 Å². The molecule has 168 valence electrons. The van der Waals surface area contributed by atoms with Gasteiger partial charge in [0.05, 0.1) is 28.3 Å². The second kappa shape index (κ2) is 10.5. The first-order chi connectivity index (χ1) is 15.3. The Morgan fingerprint density at radius 3 is 2.44 bits per heavy atom. The fourth-order valence-electron chi connectivity index (χ4n) is 3.18. The summed E-state index contributed by atoms with van der Waals surface area (Å²) < 4.78 is 32.9. The topological polar surface area (TPSA) is 84.5 Å². The minimum Gasteiger partial charge on any atom is -0.496 e. The van der Waals surface area contributed by atoms with Crippen molar-refractivity contribution in [2.75, 3.05) is 18.4 Å². The molecular weight excluding hydrogens is 448 g/mol. The molecule has 3 aromatic carbocycles. The van der Waals surface area contributed by atoms with Crippen LogP contribution < -0.4 is 14.8 Å². The zero-order valence-electron chi connectivity index (χ0n) is 17.9. The van der Waals surface area contributed by atoms with Gasteiger partial charge in [-0.15, -0.1) is 0 Å². The van der Waals surface area contributed by atoms with Crippen molar-refractivity contribution >= 4 is 33.2 Å². The maximum atomic E-state index is 12.5. The number of sulfonamides is 1. The van der Waals surface area contributed by atoms with Crippen LogP contribution in [0.2, 0.25) is 5.02 Å². The van der Waals surface area contributed by atoms with Gasteiger partial charge in [-0.1, -0.05) is 47.5 Å². The highest BCUT2D eigenvalue weighted by Crippen LogP contribution is 2.24. The fourth-order valence-corrected chi connectivity index (χ4v) is 4.50. The molecule has 0 aliphatic rings. The summed E-state index contributed by atoms with van der Waals surface area (Å²) in [6.45, 7) is 2.35. The molecule has 3 rings (SSSR count). The van der Waals surface area contributed by atoms with Crippen LogP contribution in [0.15, 0.2) is 71.6 Å². The van der Waals surface area contributed by atoms with Gasteiger partial charge in [0.1, 0.15) is 5.75 Å². The Balaban J connectivity index is 1.58. The van der Waals surface area contributed by atoms with E-state index in [1.807, 2.05) is 31.2 Å². The number of anilines is 1. The van der Waals surface area contributed by atoms with E-state index >= 15 is 0 Å². The van der Waals surface area contributed by atoms with E-state index in [0.717, 1.165) is 29.7 Å². The number of carbonyl (C=O) groups is 1. The van der Waals surface area contributed by atoms with E-state index < -0.39 is 10.0 Å². The predicted octanol–water partition coefficient (Wildman–Crippen LogP) is 4.82. The average molecular weight is 473 g/mol. The number of nitrogens with one attached hydrogen (secondary N) is 2. The summed E-state index contributed by atoms with van der Waals surface area (Å²) in [7, 11) is -2.12. The van der Waals surface area contributed by atoms with Gasteiger partial charge < -0.3 is 10.1 Å². The van der Waals surface area contributed by atoms with E-state index in [-0.39, 0.29) is 27.1 Å². The molecule has 0 fully saturated rings. The molecule has 0 aliphatic carbocycles. The lowest BCUT2D eigenvalue weighted by molar-refractivity contribution is 0.0953. The number of ether oxygens (including phenoxy) is 1. The highest BCUT2D eigenvalue weighted by atomic mass is 35.5. The van der Waals surface area contributed by atoms with E-state index in [4.69, 9.17) is 16.3 Å². The van der Waals surface area contributed by atoms with Crippen molar-refractivity contribution in [2.45, 2.75) is 24.7 Å². The van der Waals surface area contributed by atoms with Gasteiger partial charge in [-0.2, -0.15) is 0 Å². The molecule has 0 aliphatic heterocycles. The number of rotatable bonds is 9. The summed E-state index contributed by atoms with van der Waals surface area (Å²) in [4.78, 5) is 12.6. The molecule has 0 unspecified atom stereocenters. The van der Waals surface area contributed by atoms with Crippen LogP contribution in [0.5, 0.6) is 5.75 Å². The van der Waals surface area contributed by atoms with Crippen molar-refractivity contribution in [1.82, 2.24) is 5.32 Å².